The maximum absolute atomic E-state index is 11.8. The van der Waals surface area contributed by atoms with Crippen LogP contribution in [0.1, 0.15) is 19.3 Å². The van der Waals surface area contributed by atoms with Crippen LogP contribution in [0, 0.1) is 5.41 Å². The van der Waals surface area contributed by atoms with E-state index in [0.717, 1.165) is 0 Å². The third-order valence-corrected chi connectivity index (χ3v) is 5.83. The fourth-order valence-electron chi connectivity index (χ4n) is 2.62. The molecule has 0 radical (unpaired) electrons. The molecule has 0 bridgehead atoms. The van der Waals surface area contributed by atoms with Gasteiger partial charge < -0.3 is 20.5 Å². The second-order valence-electron chi connectivity index (χ2n) is 5.62. The molecule has 1 atom stereocenters. The summed E-state index contributed by atoms with van der Waals surface area (Å²) < 4.78 is 27.8. The van der Waals surface area contributed by atoms with Crippen LogP contribution in [0.25, 0.3) is 0 Å². The quantitative estimate of drug-likeness (QED) is 0.633. The minimum absolute atomic E-state index is 0.0109. The lowest BCUT2D eigenvalue weighted by Crippen LogP contribution is -2.50. The van der Waals surface area contributed by atoms with Crippen LogP contribution in [0.2, 0.25) is 0 Å². The van der Waals surface area contributed by atoms with Crippen LogP contribution >= 0.6 is 0 Å². The summed E-state index contributed by atoms with van der Waals surface area (Å²) in [5.41, 5.74) is -1.00. The Hall–Kier alpha value is -1.35. The lowest BCUT2D eigenvalue weighted by Gasteiger charge is -2.33. The molecule has 2 fully saturated rings. The molecule has 0 aromatic heterocycles. The van der Waals surface area contributed by atoms with E-state index in [2.05, 4.69) is 10.6 Å². The first kappa shape index (κ1) is 16.0. The van der Waals surface area contributed by atoms with Crippen molar-refractivity contribution in [3.8, 4) is 0 Å². The Morgan fingerprint density at radius 1 is 1.29 bits per heavy atom. The van der Waals surface area contributed by atoms with Crippen LogP contribution in [0.3, 0.4) is 0 Å². The van der Waals surface area contributed by atoms with Crippen molar-refractivity contribution in [1.29, 1.82) is 0 Å². The van der Waals surface area contributed by atoms with Gasteiger partial charge in [-0.3, -0.25) is 4.79 Å². The van der Waals surface area contributed by atoms with Crippen molar-refractivity contribution < 1.29 is 27.9 Å². The summed E-state index contributed by atoms with van der Waals surface area (Å²) in [7, 11) is -3.06. The molecule has 9 heteroatoms. The third-order valence-electron chi connectivity index (χ3n) is 4.06. The highest BCUT2D eigenvalue weighted by atomic mass is 32.2. The van der Waals surface area contributed by atoms with Crippen LogP contribution in [-0.4, -0.2) is 62.8 Å². The number of aliphatic carboxylic acids is 1. The van der Waals surface area contributed by atoms with Gasteiger partial charge >= 0.3 is 12.0 Å². The predicted molar refractivity (Wildman–Crippen MR) is 73.7 cm³/mol. The largest absolute Gasteiger partial charge is 0.481 e. The Kier molecular flexibility index (Phi) is 4.72. The minimum atomic E-state index is -3.06. The number of carbonyl (C=O) groups is 2. The average Bonchev–Trinajstić information content (AvgIpc) is 2.76. The van der Waals surface area contributed by atoms with E-state index in [4.69, 9.17) is 4.74 Å². The third kappa shape index (κ3) is 4.07. The lowest BCUT2D eigenvalue weighted by molar-refractivity contribution is -0.154. The van der Waals surface area contributed by atoms with Gasteiger partial charge in [0.15, 0.2) is 9.84 Å². The average molecular weight is 320 g/mol. The van der Waals surface area contributed by atoms with E-state index in [9.17, 15) is 23.1 Å². The molecule has 8 nitrogen and oxygen atoms in total. The summed E-state index contributed by atoms with van der Waals surface area (Å²) in [4.78, 5) is 23.2. The topological polar surface area (TPSA) is 122 Å². The van der Waals surface area contributed by atoms with Crippen molar-refractivity contribution in [3.05, 3.63) is 0 Å². The highest BCUT2D eigenvalue weighted by molar-refractivity contribution is 7.91. The SMILES string of the molecule is O=C(NCC1(C(=O)O)CCOCC1)NC1CCS(=O)(=O)C1. The Bertz CT molecular complexity index is 512. The van der Waals surface area contributed by atoms with E-state index < -0.39 is 33.3 Å². The molecule has 0 aliphatic carbocycles. The van der Waals surface area contributed by atoms with E-state index >= 15 is 0 Å². The smallest absolute Gasteiger partial charge is 0.315 e. The van der Waals surface area contributed by atoms with Crippen molar-refractivity contribution in [2.75, 3.05) is 31.3 Å². The molecule has 2 heterocycles. The Labute approximate surface area is 123 Å². The first-order chi connectivity index (χ1) is 9.83. The molecule has 2 saturated heterocycles. The molecule has 0 spiro atoms. The zero-order valence-corrected chi connectivity index (χ0v) is 12.4. The summed E-state index contributed by atoms with van der Waals surface area (Å²) in [6, 6.07) is -0.922. The van der Waals surface area contributed by atoms with Crippen LogP contribution in [0.15, 0.2) is 0 Å². The van der Waals surface area contributed by atoms with Crippen molar-refractivity contribution in [2.24, 2.45) is 5.41 Å². The van der Waals surface area contributed by atoms with E-state index in [1.54, 1.807) is 0 Å². The molecule has 21 heavy (non-hydrogen) atoms. The fourth-order valence-corrected chi connectivity index (χ4v) is 4.30. The first-order valence-electron chi connectivity index (χ1n) is 6.89. The second-order valence-corrected chi connectivity index (χ2v) is 7.85. The van der Waals surface area contributed by atoms with Crippen LogP contribution in [-0.2, 0) is 19.4 Å². The van der Waals surface area contributed by atoms with Gasteiger partial charge in [-0.05, 0) is 19.3 Å². The monoisotopic (exact) mass is 320 g/mol. The number of carboxylic acids is 1. The van der Waals surface area contributed by atoms with Crippen LogP contribution < -0.4 is 10.6 Å². The van der Waals surface area contributed by atoms with Crippen LogP contribution in [0.4, 0.5) is 4.79 Å². The van der Waals surface area contributed by atoms with Gasteiger partial charge in [-0.25, -0.2) is 13.2 Å². The summed E-state index contributed by atoms with van der Waals surface area (Å²) >= 11 is 0. The predicted octanol–water partition coefficient (Wildman–Crippen LogP) is -0.646. The van der Waals surface area contributed by atoms with Crippen LogP contribution in [0.5, 0.6) is 0 Å². The molecule has 2 aliphatic rings. The number of nitrogens with one attached hydrogen (secondary N) is 2. The number of ether oxygens (including phenoxy) is 1. The highest BCUT2D eigenvalue weighted by Crippen LogP contribution is 2.30. The number of carboxylic acid groups (broad SMARTS) is 1. The normalized spacial score (nSPS) is 27.0. The zero-order valence-electron chi connectivity index (χ0n) is 11.6. The van der Waals surface area contributed by atoms with Gasteiger partial charge in [-0.1, -0.05) is 0 Å². The van der Waals surface area contributed by atoms with Gasteiger partial charge in [0.05, 0.1) is 16.9 Å². The number of hydrogen-bond donors (Lipinski definition) is 3. The molecular weight excluding hydrogens is 300 g/mol. The van der Waals surface area contributed by atoms with Crippen molar-refractivity contribution in [2.45, 2.75) is 25.3 Å². The maximum Gasteiger partial charge on any atom is 0.315 e. The van der Waals surface area contributed by atoms with Crippen molar-refractivity contribution in [3.63, 3.8) is 0 Å². The number of carbonyl (C=O) groups excluding carboxylic acids is 1. The van der Waals surface area contributed by atoms with E-state index in [0.29, 0.717) is 32.5 Å². The Morgan fingerprint density at radius 2 is 1.95 bits per heavy atom. The fraction of sp³-hybridized carbons (Fsp3) is 0.833. The molecule has 3 N–H and O–H groups in total. The number of urea groups is 1. The highest BCUT2D eigenvalue weighted by Gasteiger charge is 2.40. The number of amides is 2. The van der Waals surface area contributed by atoms with Gasteiger partial charge in [-0.15, -0.1) is 0 Å². The molecule has 2 amide bonds. The maximum atomic E-state index is 11.8. The van der Waals surface area contributed by atoms with Gasteiger partial charge in [-0.2, -0.15) is 0 Å². The minimum Gasteiger partial charge on any atom is -0.481 e. The van der Waals surface area contributed by atoms with E-state index in [1.165, 1.54) is 0 Å². The van der Waals surface area contributed by atoms with Crippen molar-refractivity contribution in [1.82, 2.24) is 10.6 Å². The first-order valence-corrected chi connectivity index (χ1v) is 8.71. The van der Waals surface area contributed by atoms with Gasteiger partial charge in [0.25, 0.3) is 0 Å². The molecule has 2 aliphatic heterocycles. The number of sulfone groups is 1. The van der Waals surface area contributed by atoms with Gasteiger partial charge in [0.1, 0.15) is 0 Å². The number of hydrogen-bond acceptors (Lipinski definition) is 5. The molecule has 0 saturated carbocycles. The number of rotatable bonds is 4. The molecule has 0 aromatic rings. The molecular formula is C12H20N2O6S. The van der Waals surface area contributed by atoms with E-state index in [-0.39, 0.29) is 18.1 Å². The van der Waals surface area contributed by atoms with E-state index in [1.807, 2.05) is 0 Å². The summed E-state index contributed by atoms with van der Waals surface area (Å²) in [5.74, 6) is -0.929. The Balaban J connectivity index is 1.84. The zero-order chi connectivity index (χ0) is 15.5. The molecule has 2 rings (SSSR count). The van der Waals surface area contributed by atoms with Crippen molar-refractivity contribution >= 4 is 21.8 Å². The molecule has 0 aromatic carbocycles. The molecule has 1 unspecified atom stereocenters. The summed E-state index contributed by atoms with van der Waals surface area (Å²) in [6.07, 6.45) is 1.09. The summed E-state index contributed by atoms with van der Waals surface area (Å²) in [6.45, 7) is 0.726. The molecule has 120 valence electrons. The second kappa shape index (κ2) is 6.18. The Morgan fingerprint density at radius 3 is 2.48 bits per heavy atom. The van der Waals surface area contributed by atoms with Gasteiger partial charge in [0.2, 0.25) is 0 Å². The lowest BCUT2D eigenvalue weighted by atomic mass is 9.80. The summed E-state index contributed by atoms with van der Waals surface area (Å²) in [5, 5.41) is 14.5. The standard InChI is InChI=1S/C12H20N2O6S/c15-10(16)12(2-4-20-5-3-12)8-13-11(17)14-9-1-6-21(18,19)7-9/h9H,1-8H2,(H,15,16)(H2,13,14,17). The van der Waals surface area contributed by atoms with Gasteiger partial charge in [0, 0.05) is 25.8 Å².